The zero-order valence-electron chi connectivity index (χ0n) is 13.2. The van der Waals surface area contributed by atoms with Crippen molar-refractivity contribution < 1.29 is 9.32 Å². The van der Waals surface area contributed by atoms with Crippen LogP contribution in [0.2, 0.25) is 0 Å². The van der Waals surface area contributed by atoms with Crippen molar-refractivity contribution >= 4 is 17.4 Å². The highest BCUT2D eigenvalue weighted by Crippen LogP contribution is 2.28. The van der Waals surface area contributed by atoms with Gasteiger partial charge in [-0.15, -0.1) is 0 Å². The van der Waals surface area contributed by atoms with E-state index in [1.54, 1.807) is 11.8 Å². The van der Waals surface area contributed by atoms with E-state index >= 15 is 0 Å². The number of carbonyl (C=O) groups excluding carboxylic acids is 1. The fourth-order valence-electron chi connectivity index (χ4n) is 2.89. The minimum absolute atomic E-state index is 0.138. The van der Waals surface area contributed by atoms with Gasteiger partial charge in [0, 0.05) is 30.4 Å². The quantitative estimate of drug-likeness (QED) is 0.782. The molecule has 6 nitrogen and oxygen atoms in total. The van der Waals surface area contributed by atoms with Crippen LogP contribution in [0, 0.1) is 6.92 Å². The van der Waals surface area contributed by atoms with Crippen molar-refractivity contribution in [2.24, 2.45) is 0 Å². The molecule has 6 heteroatoms. The molecule has 1 aliphatic heterocycles. The number of hydrogen-bond donors (Lipinski definition) is 1. The molecule has 2 aromatic carbocycles. The molecule has 0 atom stereocenters. The predicted molar refractivity (Wildman–Crippen MR) is 91.0 cm³/mol. The third-order valence-corrected chi connectivity index (χ3v) is 4.03. The van der Waals surface area contributed by atoms with Gasteiger partial charge in [-0.1, -0.05) is 35.5 Å². The number of anilines is 2. The molecule has 0 saturated heterocycles. The van der Waals surface area contributed by atoms with Crippen LogP contribution in [0.15, 0.2) is 53.1 Å². The molecule has 2 heterocycles. The van der Waals surface area contributed by atoms with Crippen LogP contribution in [-0.2, 0) is 6.42 Å². The number of para-hydroxylation sites is 1. The summed E-state index contributed by atoms with van der Waals surface area (Å²) in [5.41, 5.74) is 3.67. The zero-order chi connectivity index (χ0) is 16.5. The fraction of sp³-hybridized carbons (Fsp3) is 0.167. The maximum absolute atomic E-state index is 12.6. The summed E-state index contributed by atoms with van der Waals surface area (Å²) in [6.45, 7) is 2.43. The van der Waals surface area contributed by atoms with E-state index in [-0.39, 0.29) is 6.03 Å². The predicted octanol–water partition coefficient (Wildman–Crippen LogP) is 3.64. The first-order chi connectivity index (χ1) is 11.7. The summed E-state index contributed by atoms with van der Waals surface area (Å²) >= 11 is 0. The number of nitrogens with one attached hydrogen (secondary N) is 1. The van der Waals surface area contributed by atoms with Gasteiger partial charge in [-0.05, 0) is 30.2 Å². The maximum Gasteiger partial charge on any atom is 0.326 e. The molecule has 0 aliphatic carbocycles. The van der Waals surface area contributed by atoms with E-state index < -0.39 is 0 Å². The molecule has 3 aromatic rings. The van der Waals surface area contributed by atoms with Gasteiger partial charge in [-0.2, -0.15) is 4.98 Å². The highest BCUT2D eigenvalue weighted by atomic mass is 16.5. The number of fused-ring (bicyclic) bond motifs is 1. The Bertz CT molecular complexity index is 903. The molecule has 4 rings (SSSR count). The molecule has 1 aromatic heterocycles. The van der Waals surface area contributed by atoms with E-state index in [1.165, 1.54) is 5.56 Å². The summed E-state index contributed by atoms with van der Waals surface area (Å²) in [7, 11) is 0. The molecular formula is C18H16N4O2. The van der Waals surface area contributed by atoms with Crippen LogP contribution < -0.4 is 10.2 Å². The highest BCUT2D eigenvalue weighted by molar-refractivity contribution is 6.03. The van der Waals surface area contributed by atoms with E-state index in [2.05, 4.69) is 21.5 Å². The van der Waals surface area contributed by atoms with Crippen molar-refractivity contribution in [1.82, 2.24) is 10.1 Å². The zero-order valence-corrected chi connectivity index (χ0v) is 13.2. The monoisotopic (exact) mass is 320 g/mol. The third-order valence-electron chi connectivity index (χ3n) is 4.03. The number of nitrogens with zero attached hydrogens (tertiary/aromatic N) is 3. The average Bonchev–Trinajstić information content (AvgIpc) is 3.21. The van der Waals surface area contributed by atoms with E-state index in [4.69, 9.17) is 4.52 Å². The van der Waals surface area contributed by atoms with Gasteiger partial charge in [0.1, 0.15) is 0 Å². The van der Waals surface area contributed by atoms with Crippen molar-refractivity contribution in [1.29, 1.82) is 0 Å². The van der Waals surface area contributed by atoms with Crippen LogP contribution in [0.5, 0.6) is 0 Å². The first-order valence-corrected chi connectivity index (χ1v) is 7.78. The van der Waals surface area contributed by atoms with Crippen LogP contribution >= 0.6 is 0 Å². The lowest BCUT2D eigenvalue weighted by Crippen LogP contribution is -2.33. The van der Waals surface area contributed by atoms with Gasteiger partial charge in [-0.25, -0.2) is 4.79 Å². The molecule has 1 N–H and O–H groups in total. The molecule has 0 unspecified atom stereocenters. The minimum atomic E-state index is -0.138. The van der Waals surface area contributed by atoms with E-state index in [1.807, 2.05) is 42.5 Å². The Morgan fingerprint density at radius 1 is 1.21 bits per heavy atom. The van der Waals surface area contributed by atoms with Crippen LogP contribution in [0.1, 0.15) is 11.5 Å². The van der Waals surface area contributed by atoms with Gasteiger partial charge in [0.15, 0.2) is 0 Å². The van der Waals surface area contributed by atoms with Crippen molar-refractivity contribution in [2.45, 2.75) is 13.3 Å². The number of amides is 2. The third kappa shape index (κ3) is 2.62. The molecule has 1 aliphatic rings. The molecule has 0 radical (unpaired) electrons. The van der Waals surface area contributed by atoms with E-state index in [0.717, 1.165) is 17.7 Å². The average molecular weight is 320 g/mol. The Balaban J connectivity index is 1.55. The van der Waals surface area contributed by atoms with E-state index in [0.29, 0.717) is 23.9 Å². The number of aromatic nitrogens is 2. The summed E-state index contributed by atoms with van der Waals surface area (Å²) in [5, 5.41) is 6.85. The molecule has 24 heavy (non-hydrogen) atoms. The van der Waals surface area contributed by atoms with Crippen molar-refractivity contribution in [3.05, 3.63) is 60.0 Å². The lowest BCUT2D eigenvalue weighted by molar-refractivity contribution is 0.257. The first-order valence-electron chi connectivity index (χ1n) is 7.78. The fourth-order valence-corrected chi connectivity index (χ4v) is 2.89. The number of carbonyl (C=O) groups is 1. The van der Waals surface area contributed by atoms with E-state index in [9.17, 15) is 4.79 Å². The number of urea groups is 1. The molecule has 2 amide bonds. The molecule has 0 bridgehead atoms. The number of rotatable bonds is 2. The Morgan fingerprint density at radius 2 is 2.08 bits per heavy atom. The standard InChI is InChI=1S/C18H16N4O2/c1-12-19-17(21-24-12)14-6-4-7-15(11-14)20-18(23)22-10-9-13-5-2-3-8-16(13)22/h2-8,11H,9-10H2,1H3,(H,20,23). The summed E-state index contributed by atoms with van der Waals surface area (Å²) in [4.78, 5) is 18.6. The summed E-state index contributed by atoms with van der Waals surface area (Å²) < 4.78 is 5.00. The summed E-state index contributed by atoms with van der Waals surface area (Å²) in [6.07, 6.45) is 0.881. The van der Waals surface area contributed by atoms with Gasteiger partial charge < -0.3 is 9.84 Å². The second kappa shape index (κ2) is 5.81. The van der Waals surface area contributed by atoms with Crippen molar-refractivity contribution in [3.63, 3.8) is 0 Å². The highest BCUT2D eigenvalue weighted by Gasteiger charge is 2.24. The Morgan fingerprint density at radius 3 is 2.92 bits per heavy atom. The van der Waals surface area contributed by atoms with Gasteiger partial charge in [0.2, 0.25) is 11.7 Å². The molecule has 0 fully saturated rings. The Labute approximate surface area is 139 Å². The van der Waals surface area contributed by atoms with Gasteiger partial charge in [0.25, 0.3) is 0 Å². The Kier molecular flexibility index (Phi) is 3.49. The normalized spacial score (nSPS) is 13.0. The lowest BCUT2D eigenvalue weighted by Gasteiger charge is -2.18. The van der Waals surface area contributed by atoms with Crippen LogP contribution in [-0.4, -0.2) is 22.7 Å². The van der Waals surface area contributed by atoms with Crippen LogP contribution in [0.3, 0.4) is 0 Å². The van der Waals surface area contributed by atoms with Crippen LogP contribution in [0.25, 0.3) is 11.4 Å². The van der Waals surface area contributed by atoms with Gasteiger partial charge in [-0.3, -0.25) is 4.90 Å². The first kappa shape index (κ1) is 14.4. The van der Waals surface area contributed by atoms with Crippen LogP contribution in [0.4, 0.5) is 16.2 Å². The largest absolute Gasteiger partial charge is 0.339 e. The second-order valence-electron chi connectivity index (χ2n) is 5.68. The minimum Gasteiger partial charge on any atom is -0.339 e. The molecule has 0 spiro atoms. The summed E-state index contributed by atoms with van der Waals surface area (Å²) in [5.74, 6) is 1.02. The van der Waals surface area contributed by atoms with Crippen molar-refractivity contribution in [2.75, 3.05) is 16.8 Å². The SMILES string of the molecule is Cc1nc(-c2cccc(NC(=O)N3CCc4ccccc43)c2)no1. The number of aryl methyl sites for hydroxylation is 1. The lowest BCUT2D eigenvalue weighted by atomic mass is 10.2. The van der Waals surface area contributed by atoms with Gasteiger partial charge in [0.05, 0.1) is 0 Å². The smallest absolute Gasteiger partial charge is 0.326 e. The molecular weight excluding hydrogens is 304 g/mol. The second-order valence-corrected chi connectivity index (χ2v) is 5.68. The molecule has 0 saturated carbocycles. The van der Waals surface area contributed by atoms with Crippen molar-refractivity contribution in [3.8, 4) is 11.4 Å². The topological polar surface area (TPSA) is 71.3 Å². The maximum atomic E-state index is 12.6. The van der Waals surface area contributed by atoms with Gasteiger partial charge >= 0.3 is 6.03 Å². The summed E-state index contributed by atoms with van der Waals surface area (Å²) in [6, 6.07) is 15.3. The Hall–Kier alpha value is -3.15. The molecule has 120 valence electrons. The number of benzene rings is 2. The number of hydrogen-bond acceptors (Lipinski definition) is 4.